The van der Waals surface area contributed by atoms with E-state index in [1.165, 1.54) is 16.2 Å². The van der Waals surface area contributed by atoms with Gasteiger partial charge in [0.15, 0.2) is 5.78 Å². The first kappa shape index (κ1) is 18.2. The van der Waals surface area contributed by atoms with Gasteiger partial charge in [-0.25, -0.2) is 0 Å². The van der Waals surface area contributed by atoms with Gasteiger partial charge in [-0.2, -0.15) is 5.26 Å². The highest BCUT2D eigenvalue weighted by Crippen LogP contribution is 2.37. The lowest BCUT2D eigenvalue weighted by molar-refractivity contribution is -0.116. The highest BCUT2D eigenvalue weighted by molar-refractivity contribution is 7.16. The number of fused-ring (bicyclic) bond motifs is 1. The molecule has 0 atom stereocenters. The largest absolute Gasteiger partial charge is 0.497 e. The first-order chi connectivity index (χ1) is 12.6. The van der Waals surface area contributed by atoms with E-state index >= 15 is 0 Å². The zero-order valence-electron chi connectivity index (χ0n) is 14.6. The second-order valence-corrected chi connectivity index (χ2v) is 7.33. The van der Waals surface area contributed by atoms with Crippen molar-refractivity contribution in [3.8, 4) is 11.8 Å². The Balaban J connectivity index is 1.60. The Labute approximate surface area is 156 Å². The SMILES string of the molecule is COc1ccc(C(=O)CCC(=O)Nc2sc3c(c2C#N)CCCC3)cc1. The molecule has 5 nitrogen and oxygen atoms in total. The summed E-state index contributed by atoms with van der Waals surface area (Å²) in [6.45, 7) is 0. The van der Waals surface area contributed by atoms with Crippen molar-refractivity contribution in [2.45, 2.75) is 38.5 Å². The minimum Gasteiger partial charge on any atom is -0.497 e. The standard InChI is InChI=1S/C20H20N2O3S/c1-25-14-8-6-13(7-9-14)17(23)10-11-19(24)22-20-16(12-21)15-4-2-3-5-18(15)26-20/h6-9H,2-5,10-11H2,1H3,(H,22,24). The summed E-state index contributed by atoms with van der Waals surface area (Å²) in [5.41, 5.74) is 2.25. The number of benzene rings is 1. The molecule has 26 heavy (non-hydrogen) atoms. The van der Waals surface area contributed by atoms with Gasteiger partial charge in [0.1, 0.15) is 16.8 Å². The van der Waals surface area contributed by atoms with Gasteiger partial charge in [0, 0.05) is 23.3 Å². The van der Waals surface area contributed by atoms with Gasteiger partial charge in [-0.05, 0) is 55.5 Å². The number of rotatable bonds is 6. The molecule has 134 valence electrons. The Morgan fingerprint density at radius 2 is 1.92 bits per heavy atom. The van der Waals surface area contributed by atoms with Crippen LogP contribution < -0.4 is 10.1 Å². The molecule has 0 fully saturated rings. The molecule has 0 aliphatic heterocycles. The molecule has 1 amide bonds. The van der Waals surface area contributed by atoms with Crippen LogP contribution in [0.2, 0.25) is 0 Å². The monoisotopic (exact) mass is 368 g/mol. The van der Waals surface area contributed by atoms with E-state index in [9.17, 15) is 14.9 Å². The third kappa shape index (κ3) is 3.94. The number of anilines is 1. The number of thiophene rings is 1. The number of nitrogens with zero attached hydrogens (tertiary/aromatic N) is 1. The summed E-state index contributed by atoms with van der Waals surface area (Å²) in [5, 5.41) is 12.9. The molecule has 0 bridgehead atoms. The molecule has 0 spiro atoms. The van der Waals surface area contributed by atoms with Crippen LogP contribution in [0.4, 0.5) is 5.00 Å². The van der Waals surface area contributed by atoms with Crippen molar-refractivity contribution in [3.05, 3.63) is 45.8 Å². The number of aryl methyl sites for hydroxylation is 1. The molecule has 2 aromatic rings. The average Bonchev–Trinajstić information content (AvgIpc) is 3.03. The van der Waals surface area contributed by atoms with Crippen molar-refractivity contribution in [1.29, 1.82) is 5.26 Å². The van der Waals surface area contributed by atoms with E-state index in [4.69, 9.17) is 4.74 Å². The van der Waals surface area contributed by atoms with Crippen LogP contribution in [-0.4, -0.2) is 18.8 Å². The van der Waals surface area contributed by atoms with E-state index in [2.05, 4.69) is 11.4 Å². The first-order valence-electron chi connectivity index (χ1n) is 8.64. The number of ether oxygens (including phenoxy) is 1. The Morgan fingerprint density at radius 3 is 2.62 bits per heavy atom. The fourth-order valence-electron chi connectivity index (χ4n) is 3.11. The predicted octanol–water partition coefficient (Wildman–Crippen LogP) is 4.11. The zero-order chi connectivity index (χ0) is 18.5. The molecule has 1 aromatic heterocycles. The summed E-state index contributed by atoms with van der Waals surface area (Å²) < 4.78 is 5.07. The van der Waals surface area contributed by atoms with Gasteiger partial charge < -0.3 is 10.1 Å². The number of Topliss-reactive ketones (excluding diaryl/α,β-unsaturated/α-hetero) is 1. The van der Waals surface area contributed by atoms with Gasteiger partial charge in [-0.15, -0.1) is 11.3 Å². The van der Waals surface area contributed by atoms with E-state index in [-0.39, 0.29) is 24.5 Å². The summed E-state index contributed by atoms with van der Waals surface area (Å²) in [6.07, 6.45) is 4.31. The van der Waals surface area contributed by atoms with Crippen LogP contribution in [0.3, 0.4) is 0 Å². The summed E-state index contributed by atoms with van der Waals surface area (Å²) >= 11 is 1.50. The third-order valence-corrected chi connectivity index (χ3v) is 5.73. The molecular formula is C20H20N2O3S. The second kappa shape index (κ2) is 8.15. The van der Waals surface area contributed by atoms with Crippen molar-refractivity contribution in [3.63, 3.8) is 0 Å². The Bertz CT molecular complexity index is 862. The topological polar surface area (TPSA) is 79.2 Å². The van der Waals surface area contributed by atoms with Crippen LogP contribution in [-0.2, 0) is 17.6 Å². The maximum Gasteiger partial charge on any atom is 0.225 e. The average molecular weight is 368 g/mol. The number of nitriles is 1. The van der Waals surface area contributed by atoms with Gasteiger partial charge >= 0.3 is 0 Å². The number of ketones is 1. The van der Waals surface area contributed by atoms with E-state index in [1.54, 1.807) is 31.4 Å². The number of hydrogen-bond acceptors (Lipinski definition) is 5. The lowest BCUT2D eigenvalue weighted by Crippen LogP contribution is -2.13. The number of nitrogens with one attached hydrogen (secondary N) is 1. The van der Waals surface area contributed by atoms with E-state index < -0.39 is 0 Å². The molecule has 1 N–H and O–H groups in total. The van der Waals surface area contributed by atoms with Gasteiger partial charge in [0.25, 0.3) is 0 Å². The number of methoxy groups -OCH3 is 1. The van der Waals surface area contributed by atoms with Crippen molar-refractivity contribution >= 4 is 28.0 Å². The fourth-order valence-corrected chi connectivity index (χ4v) is 4.37. The molecule has 0 saturated heterocycles. The second-order valence-electron chi connectivity index (χ2n) is 6.23. The van der Waals surface area contributed by atoms with Crippen molar-refractivity contribution in [2.24, 2.45) is 0 Å². The molecule has 0 saturated carbocycles. The summed E-state index contributed by atoms with van der Waals surface area (Å²) in [7, 11) is 1.57. The molecule has 6 heteroatoms. The number of carbonyl (C=O) groups excluding carboxylic acids is 2. The number of amides is 1. The van der Waals surface area contributed by atoms with E-state index in [0.717, 1.165) is 31.2 Å². The molecule has 0 unspecified atom stereocenters. The van der Waals surface area contributed by atoms with Crippen molar-refractivity contribution < 1.29 is 14.3 Å². The predicted molar refractivity (Wildman–Crippen MR) is 101 cm³/mol. The van der Waals surface area contributed by atoms with Crippen LogP contribution in [0.5, 0.6) is 5.75 Å². The highest BCUT2D eigenvalue weighted by atomic mass is 32.1. The van der Waals surface area contributed by atoms with Gasteiger partial charge in [-0.3, -0.25) is 9.59 Å². The lowest BCUT2D eigenvalue weighted by Gasteiger charge is -2.09. The van der Waals surface area contributed by atoms with Crippen molar-refractivity contribution in [2.75, 3.05) is 12.4 Å². The van der Waals surface area contributed by atoms with E-state index in [1.807, 2.05) is 0 Å². The minimum absolute atomic E-state index is 0.0891. The molecule has 1 aliphatic carbocycles. The smallest absolute Gasteiger partial charge is 0.225 e. The van der Waals surface area contributed by atoms with E-state index in [0.29, 0.717) is 21.9 Å². The normalized spacial score (nSPS) is 12.8. The Morgan fingerprint density at radius 1 is 1.19 bits per heavy atom. The van der Waals surface area contributed by atoms with Crippen LogP contribution >= 0.6 is 11.3 Å². The Kier molecular flexibility index (Phi) is 5.69. The summed E-state index contributed by atoms with van der Waals surface area (Å²) in [6, 6.07) is 9.07. The maximum atomic E-state index is 12.2. The highest BCUT2D eigenvalue weighted by Gasteiger charge is 2.22. The molecule has 1 aliphatic rings. The molecule has 1 heterocycles. The molecule has 1 aromatic carbocycles. The lowest BCUT2D eigenvalue weighted by atomic mass is 9.96. The molecular weight excluding hydrogens is 348 g/mol. The third-order valence-electron chi connectivity index (χ3n) is 4.53. The van der Waals surface area contributed by atoms with Crippen LogP contribution in [0.15, 0.2) is 24.3 Å². The molecule has 3 rings (SSSR count). The van der Waals surface area contributed by atoms with Crippen LogP contribution in [0.1, 0.15) is 52.0 Å². The summed E-state index contributed by atoms with van der Waals surface area (Å²) in [4.78, 5) is 25.7. The molecule has 0 radical (unpaired) electrons. The van der Waals surface area contributed by atoms with Gasteiger partial charge in [-0.1, -0.05) is 0 Å². The van der Waals surface area contributed by atoms with Crippen LogP contribution in [0.25, 0.3) is 0 Å². The van der Waals surface area contributed by atoms with Gasteiger partial charge in [0.2, 0.25) is 5.91 Å². The van der Waals surface area contributed by atoms with Gasteiger partial charge in [0.05, 0.1) is 12.7 Å². The fraction of sp³-hybridized carbons (Fsp3) is 0.350. The first-order valence-corrected chi connectivity index (χ1v) is 9.45. The number of carbonyl (C=O) groups is 2. The van der Waals surface area contributed by atoms with Crippen LogP contribution in [0, 0.1) is 11.3 Å². The summed E-state index contributed by atoms with van der Waals surface area (Å²) in [5.74, 6) is 0.362. The van der Waals surface area contributed by atoms with Crippen molar-refractivity contribution in [1.82, 2.24) is 0 Å². The minimum atomic E-state index is -0.234. The Hall–Kier alpha value is -2.65. The quantitative estimate of drug-likeness (QED) is 0.778. The zero-order valence-corrected chi connectivity index (χ0v) is 15.4. The number of hydrogen-bond donors (Lipinski definition) is 1. The maximum absolute atomic E-state index is 12.2.